The molecule has 1 aliphatic carbocycles. The fourth-order valence-corrected chi connectivity index (χ4v) is 8.64. The zero-order valence-electron chi connectivity index (χ0n) is 30.4. The smallest absolute Gasteiger partial charge is 0.189 e. The van der Waals surface area contributed by atoms with Gasteiger partial charge in [0.25, 0.3) is 0 Å². The van der Waals surface area contributed by atoms with Gasteiger partial charge in [0, 0.05) is 27.6 Å². The van der Waals surface area contributed by atoms with Gasteiger partial charge in [-0.2, -0.15) is 0 Å². The first-order chi connectivity index (χ1) is 25.0. The number of carbonyl (C=O) groups excluding carboxylic acids is 2. The Hall–Kier alpha value is -6.06. The van der Waals surface area contributed by atoms with Gasteiger partial charge in [-0.15, -0.1) is 0 Å². The molecule has 254 valence electrons. The van der Waals surface area contributed by atoms with Crippen molar-refractivity contribution >= 4 is 58.1 Å². The maximum absolute atomic E-state index is 13.7. The van der Waals surface area contributed by atoms with Crippen LogP contribution in [-0.4, -0.2) is 12.1 Å². The molecule has 1 aliphatic heterocycles. The number of aldehydes is 1. The molecule has 0 unspecified atom stereocenters. The van der Waals surface area contributed by atoms with Crippen LogP contribution in [0, 0.1) is 0 Å². The Kier molecular flexibility index (Phi) is 7.66. The Morgan fingerprint density at radius 1 is 0.654 bits per heavy atom. The lowest BCUT2D eigenvalue weighted by Crippen LogP contribution is -2.31. The standard InChI is InChI=1S/C49H41NO2/c1-8-32-25-35(29-51)39(26-33(32)9-2)47(52)30(3)23-31-19-21-37-34(24-31)20-22-44-46(37)49(6,7)43-27-40-38-17-13-14-18-41(38)48(4,5)42(40)28-45(43)50(44)36-15-11-10-12-16-36/h8-29H,1-2H2,3-7H3/b30-23-. The van der Waals surface area contributed by atoms with Gasteiger partial charge in [-0.1, -0.05) is 114 Å². The van der Waals surface area contributed by atoms with E-state index in [-0.39, 0.29) is 16.6 Å². The topological polar surface area (TPSA) is 37.4 Å². The lowest BCUT2D eigenvalue weighted by molar-refractivity contribution is 0.102. The van der Waals surface area contributed by atoms with E-state index < -0.39 is 0 Å². The second kappa shape index (κ2) is 12.0. The molecule has 8 rings (SSSR count). The van der Waals surface area contributed by atoms with Gasteiger partial charge in [-0.25, -0.2) is 0 Å². The fraction of sp³-hybridized carbons (Fsp3) is 0.143. The molecule has 0 radical (unpaired) electrons. The highest BCUT2D eigenvalue weighted by Crippen LogP contribution is 2.58. The van der Waals surface area contributed by atoms with Crippen molar-refractivity contribution in [3.05, 3.63) is 178 Å². The lowest BCUT2D eigenvalue weighted by atomic mass is 9.70. The molecule has 6 aromatic rings. The van der Waals surface area contributed by atoms with Gasteiger partial charge in [0.2, 0.25) is 0 Å². The highest BCUT2D eigenvalue weighted by molar-refractivity contribution is 6.15. The summed E-state index contributed by atoms with van der Waals surface area (Å²) in [5.41, 5.74) is 14.7. The number of para-hydroxylation sites is 1. The second-order valence-electron chi connectivity index (χ2n) is 15.1. The molecule has 3 heteroatoms. The summed E-state index contributed by atoms with van der Waals surface area (Å²) < 4.78 is 0. The van der Waals surface area contributed by atoms with Crippen LogP contribution in [0.4, 0.5) is 17.1 Å². The SMILES string of the molecule is C=Cc1cc(C=O)c(C(=O)/C(C)=C\c2ccc3c4c(ccc3c2)N(c2ccccc2)c2cc3c(cc2C4(C)C)-c2ccccc2C3(C)C)cc1C=C. The van der Waals surface area contributed by atoms with E-state index in [2.05, 4.69) is 143 Å². The number of rotatable bonds is 7. The summed E-state index contributed by atoms with van der Waals surface area (Å²) in [5.74, 6) is -0.195. The van der Waals surface area contributed by atoms with Crippen LogP contribution in [0.1, 0.15) is 94.3 Å². The average Bonchev–Trinajstić information content (AvgIpc) is 3.38. The van der Waals surface area contributed by atoms with Crippen molar-refractivity contribution in [2.45, 2.75) is 45.4 Å². The number of hydrogen-bond donors (Lipinski definition) is 0. The van der Waals surface area contributed by atoms with Gasteiger partial charge in [0.05, 0.1) is 11.4 Å². The number of fused-ring (bicyclic) bond motifs is 7. The van der Waals surface area contributed by atoms with Crippen LogP contribution >= 0.6 is 0 Å². The van der Waals surface area contributed by atoms with E-state index in [9.17, 15) is 9.59 Å². The number of anilines is 3. The van der Waals surface area contributed by atoms with Crippen molar-refractivity contribution in [2.75, 3.05) is 4.90 Å². The lowest BCUT2D eigenvalue weighted by Gasteiger charge is -2.43. The number of ketones is 1. The molecule has 6 aromatic carbocycles. The molecule has 0 amide bonds. The van der Waals surface area contributed by atoms with Gasteiger partial charge in [-0.3, -0.25) is 9.59 Å². The summed E-state index contributed by atoms with van der Waals surface area (Å²) in [6, 6.07) is 38.7. The molecular weight excluding hydrogens is 635 g/mol. The average molecular weight is 676 g/mol. The molecule has 0 spiro atoms. The Bertz CT molecular complexity index is 2550. The van der Waals surface area contributed by atoms with Crippen LogP contribution in [0.5, 0.6) is 0 Å². The molecule has 0 aromatic heterocycles. The van der Waals surface area contributed by atoms with E-state index >= 15 is 0 Å². The third kappa shape index (κ3) is 4.87. The van der Waals surface area contributed by atoms with Crippen molar-refractivity contribution in [1.29, 1.82) is 0 Å². The number of carbonyl (C=O) groups is 2. The highest BCUT2D eigenvalue weighted by atomic mass is 16.1. The molecule has 52 heavy (non-hydrogen) atoms. The fourth-order valence-electron chi connectivity index (χ4n) is 8.64. The summed E-state index contributed by atoms with van der Waals surface area (Å²) in [7, 11) is 0. The summed E-state index contributed by atoms with van der Waals surface area (Å²) >= 11 is 0. The molecule has 0 atom stereocenters. The van der Waals surface area contributed by atoms with E-state index in [0.29, 0.717) is 16.7 Å². The first-order valence-corrected chi connectivity index (χ1v) is 17.8. The number of Topliss-reactive ketones (excluding diaryl/α,β-unsaturated/α-hetero) is 1. The van der Waals surface area contributed by atoms with Crippen LogP contribution in [0.25, 0.3) is 40.1 Å². The summed E-state index contributed by atoms with van der Waals surface area (Å²) in [5, 5.41) is 2.28. The Labute approximate surface area is 306 Å². The molecule has 0 bridgehead atoms. The van der Waals surface area contributed by atoms with E-state index in [1.54, 1.807) is 31.2 Å². The predicted molar refractivity (Wildman–Crippen MR) is 218 cm³/mol. The maximum atomic E-state index is 13.7. The van der Waals surface area contributed by atoms with Crippen molar-refractivity contribution < 1.29 is 9.59 Å². The van der Waals surface area contributed by atoms with Crippen LogP contribution in [-0.2, 0) is 10.8 Å². The largest absolute Gasteiger partial charge is 0.310 e. The van der Waals surface area contributed by atoms with Gasteiger partial charge < -0.3 is 4.90 Å². The third-order valence-electron chi connectivity index (χ3n) is 11.3. The Morgan fingerprint density at radius 2 is 1.37 bits per heavy atom. The monoisotopic (exact) mass is 675 g/mol. The van der Waals surface area contributed by atoms with E-state index in [1.165, 1.54) is 50.1 Å². The van der Waals surface area contributed by atoms with Gasteiger partial charge in [-0.05, 0) is 128 Å². The molecule has 0 N–H and O–H groups in total. The minimum absolute atomic E-state index is 0.113. The zero-order valence-corrected chi connectivity index (χ0v) is 30.4. The van der Waals surface area contributed by atoms with Crippen molar-refractivity contribution in [2.24, 2.45) is 0 Å². The van der Waals surface area contributed by atoms with E-state index in [1.807, 2.05) is 6.08 Å². The van der Waals surface area contributed by atoms with Crippen molar-refractivity contribution in [3.8, 4) is 11.1 Å². The second-order valence-corrected chi connectivity index (χ2v) is 15.1. The van der Waals surface area contributed by atoms with Crippen molar-refractivity contribution in [3.63, 3.8) is 0 Å². The normalized spacial score (nSPS) is 14.9. The summed E-state index contributed by atoms with van der Waals surface area (Å²) in [6.07, 6.45) is 5.98. The third-order valence-corrected chi connectivity index (χ3v) is 11.3. The van der Waals surface area contributed by atoms with Crippen LogP contribution in [0.2, 0.25) is 0 Å². The highest BCUT2D eigenvalue weighted by Gasteiger charge is 2.43. The first-order valence-electron chi connectivity index (χ1n) is 17.8. The molecule has 2 aliphatic rings. The maximum Gasteiger partial charge on any atom is 0.189 e. The number of benzene rings is 6. The molecule has 3 nitrogen and oxygen atoms in total. The molecular formula is C49H41NO2. The van der Waals surface area contributed by atoms with Gasteiger partial charge >= 0.3 is 0 Å². The number of nitrogens with zero attached hydrogens (tertiary/aromatic N) is 1. The first kappa shape index (κ1) is 33.1. The predicted octanol–water partition coefficient (Wildman–Crippen LogP) is 12.6. The van der Waals surface area contributed by atoms with Crippen LogP contribution in [0.3, 0.4) is 0 Å². The Morgan fingerprint density at radius 3 is 2.10 bits per heavy atom. The molecule has 0 fully saturated rings. The summed E-state index contributed by atoms with van der Waals surface area (Å²) in [4.78, 5) is 28.2. The minimum atomic E-state index is -0.318. The number of allylic oxidation sites excluding steroid dienone is 1. The van der Waals surface area contributed by atoms with Gasteiger partial charge in [0.15, 0.2) is 12.1 Å². The van der Waals surface area contributed by atoms with E-state index in [4.69, 9.17) is 0 Å². The summed E-state index contributed by atoms with van der Waals surface area (Å²) in [6.45, 7) is 18.9. The quantitative estimate of drug-likeness (QED) is 0.0960. The zero-order chi connectivity index (χ0) is 36.5. The van der Waals surface area contributed by atoms with Crippen molar-refractivity contribution in [1.82, 2.24) is 0 Å². The molecule has 0 saturated heterocycles. The van der Waals surface area contributed by atoms with Gasteiger partial charge in [0.1, 0.15) is 0 Å². The van der Waals surface area contributed by atoms with Crippen LogP contribution < -0.4 is 4.90 Å². The molecule has 0 saturated carbocycles. The Balaban J connectivity index is 1.28. The van der Waals surface area contributed by atoms with Crippen LogP contribution in [0.15, 0.2) is 128 Å². The number of hydrogen-bond acceptors (Lipinski definition) is 3. The minimum Gasteiger partial charge on any atom is -0.310 e. The molecule has 1 heterocycles. The van der Waals surface area contributed by atoms with E-state index in [0.717, 1.165) is 34.1 Å².